The predicted molar refractivity (Wildman–Crippen MR) is 65.7 cm³/mol. The van der Waals surface area contributed by atoms with Crippen molar-refractivity contribution in [2.24, 2.45) is 13.0 Å². The second-order valence-corrected chi connectivity index (χ2v) is 5.87. The molecule has 1 N–H and O–H groups in total. The molecule has 2 saturated heterocycles. The first-order valence-electron chi connectivity index (χ1n) is 6.79. The number of fused-ring (bicyclic) bond motifs is 1. The highest BCUT2D eigenvalue weighted by Crippen LogP contribution is 2.39. The van der Waals surface area contributed by atoms with Crippen LogP contribution in [0.25, 0.3) is 0 Å². The molecule has 1 aromatic heterocycles. The summed E-state index contributed by atoms with van der Waals surface area (Å²) in [5.74, 6) is 1.68. The Morgan fingerprint density at radius 2 is 2.29 bits per heavy atom. The van der Waals surface area contributed by atoms with Gasteiger partial charge in [-0.3, -0.25) is 9.58 Å². The molecule has 1 saturated carbocycles. The van der Waals surface area contributed by atoms with E-state index in [1.807, 2.05) is 0 Å². The van der Waals surface area contributed by atoms with Crippen molar-refractivity contribution < 1.29 is 0 Å². The Hall–Kier alpha value is -0.870. The van der Waals surface area contributed by atoms with Gasteiger partial charge in [0, 0.05) is 51.1 Å². The van der Waals surface area contributed by atoms with Crippen molar-refractivity contribution in [3.05, 3.63) is 17.5 Å². The molecule has 2 atom stereocenters. The normalized spacial score (nSPS) is 32.5. The molecule has 0 bridgehead atoms. The molecule has 1 aliphatic carbocycles. The zero-order chi connectivity index (χ0) is 11.4. The van der Waals surface area contributed by atoms with Crippen LogP contribution in [0.3, 0.4) is 0 Å². The van der Waals surface area contributed by atoms with E-state index in [-0.39, 0.29) is 0 Å². The molecule has 2 aliphatic heterocycles. The van der Waals surface area contributed by atoms with Crippen molar-refractivity contribution in [3.8, 4) is 0 Å². The Morgan fingerprint density at radius 3 is 3.06 bits per heavy atom. The zero-order valence-electron chi connectivity index (χ0n) is 10.4. The smallest absolute Gasteiger partial charge is 0.0658 e. The van der Waals surface area contributed by atoms with Crippen molar-refractivity contribution in [2.45, 2.75) is 31.3 Å². The first-order valence-corrected chi connectivity index (χ1v) is 6.79. The molecule has 92 valence electrons. The van der Waals surface area contributed by atoms with Gasteiger partial charge in [-0.2, -0.15) is 5.10 Å². The minimum atomic E-state index is 0.771. The van der Waals surface area contributed by atoms with Crippen LogP contribution in [0.5, 0.6) is 0 Å². The molecule has 4 rings (SSSR count). The zero-order valence-corrected chi connectivity index (χ0v) is 10.4. The van der Waals surface area contributed by atoms with Gasteiger partial charge in [-0.1, -0.05) is 0 Å². The van der Waals surface area contributed by atoms with Gasteiger partial charge in [-0.15, -0.1) is 0 Å². The van der Waals surface area contributed by atoms with Gasteiger partial charge in [0.25, 0.3) is 0 Å². The van der Waals surface area contributed by atoms with Gasteiger partial charge in [0.15, 0.2) is 0 Å². The van der Waals surface area contributed by atoms with Crippen molar-refractivity contribution >= 4 is 0 Å². The van der Waals surface area contributed by atoms with Gasteiger partial charge in [-0.25, -0.2) is 0 Å². The van der Waals surface area contributed by atoms with E-state index >= 15 is 0 Å². The van der Waals surface area contributed by atoms with Crippen LogP contribution in [0.4, 0.5) is 0 Å². The second-order valence-electron chi connectivity index (χ2n) is 5.87. The van der Waals surface area contributed by atoms with Crippen molar-refractivity contribution in [2.75, 3.05) is 19.6 Å². The van der Waals surface area contributed by atoms with Crippen LogP contribution >= 0.6 is 0 Å². The molecule has 3 aliphatic rings. The molecule has 0 amide bonds. The van der Waals surface area contributed by atoms with Crippen LogP contribution in [-0.2, 0) is 13.6 Å². The minimum Gasteiger partial charge on any atom is -0.315 e. The summed E-state index contributed by atoms with van der Waals surface area (Å²) in [5.41, 5.74) is 2.71. The van der Waals surface area contributed by atoms with E-state index in [0.717, 1.165) is 24.4 Å². The number of nitrogens with zero attached hydrogens (tertiary/aromatic N) is 3. The standard InChI is InChI=1S/C13H20N4/c1-16-11(4-12(15-16)9-2-3-9)8-17-7-10-5-14-6-13(10)17/h4,9-10,13-14H,2-3,5-8H2,1H3. The van der Waals surface area contributed by atoms with E-state index in [4.69, 9.17) is 0 Å². The second kappa shape index (κ2) is 3.56. The quantitative estimate of drug-likeness (QED) is 0.833. The van der Waals surface area contributed by atoms with Gasteiger partial charge >= 0.3 is 0 Å². The Labute approximate surface area is 102 Å². The molecule has 1 aromatic rings. The maximum absolute atomic E-state index is 4.64. The van der Waals surface area contributed by atoms with Crippen LogP contribution in [0.1, 0.15) is 30.1 Å². The fraction of sp³-hybridized carbons (Fsp3) is 0.769. The average Bonchev–Trinajstić information content (AvgIpc) is 2.98. The summed E-state index contributed by atoms with van der Waals surface area (Å²) in [6, 6.07) is 3.11. The first-order chi connectivity index (χ1) is 8.31. The van der Waals surface area contributed by atoms with E-state index in [1.165, 1.54) is 43.9 Å². The number of aryl methyl sites for hydroxylation is 1. The van der Waals surface area contributed by atoms with Crippen LogP contribution in [0, 0.1) is 5.92 Å². The van der Waals surface area contributed by atoms with Crippen LogP contribution in [-0.4, -0.2) is 40.4 Å². The highest BCUT2D eigenvalue weighted by molar-refractivity contribution is 5.19. The molecule has 0 spiro atoms. The van der Waals surface area contributed by atoms with E-state index in [1.54, 1.807) is 0 Å². The summed E-state index contributed by atoms with van der Waals surface area (Å²) in [4.78, 5) is 2.60. The number of hydrogen-bond acceptors (Lipinski definition) is 3. The molecule has 2 unspecified atom stereocenters. The van der Waals surface area contributed by atoms with E-state index < -0.39 is 0 Å². The molecule has 3 fully saturated rings. The summed E-state index contributed by atoms with van der Waals surface area (Å²) in [7, 11) is 2.09. The summed E-state index contributed by atoms with van der Waals surface area (Å²) >= 11 is 0. The van der Waals surface area contributed by atoms with Gasteiger partial charge < -0.3 is 5.32 Å². The van der Waals surface area contributed by atoms with Crippen LogP contribution < -0.4 is 5.32 Å². The Balaban J connectivity index is 1.47. The predicted octanol–water partition coefficient (Wildman–Crippen LogP) is 0.701. The third-order valence-electron chi connectivity index (χ3n) is 4.60. The monoisotopic (exact) mass is 232 g/mol. The molecular weight excluding hydrogens is 212 g/mol. The lowest BCUT2D eigenvalue weighted by atomic mass is 9.92. The number of rotatable bonds is 3. The third kappa shape index (κ3) is 1.62. The summed E-state index contributed by atoms with van der Waals surface area (Å²) in [6.45, 7) is 4.75. The molecule has 4 nitrogen and oxygen atoms in total. The average molecular weight is 232 g/mol. The van der Waals surface area contributed by atoms with E-state index in [9.17, 15) is 0 Å². The largest absolute Gasteiger partial charge is 0.315 e. The molecular formula is C13H20N4. The minimum absolute atomic E-state index is 0.771. The van der Waals surface area contributed by atoms with Gasteiger partial charge in [0.1, 0.15) is 0 Å². The van der Waals surface area contributed by atoms with E-state index in [0.29, 0.717) is 0 Å². The van der Waals surface area contributed by atoms with Gasteiger partial charge in [0.05, 0.1) is 11.4 Å². The van der Waals surface area contributed by atoms with E-state index in [2.05, 4.69) is 33.1 Å². The summed E-state index contributed by atoms with van der Waals surface area (Å²) in [5, 5.41) is 8.13. The van der Waals surface area contributed by atoms with Crippen molar-refractivity contribution in [1.29, 1.82) is 0 Å². The van der Waals surface area contributed by atoms with Crippen LogP contribution in [0.15, 0.2) is 6.07 Å². The number of likely N-dealkylation sites (tertiary alicyclic amines) is 1. The van der Waals surface area contributed by atoms with Crippen LogP contribution in [0.2, 0.25) is 0 Å². The fourth-order valence-electron chi connectivity index (χ4n) is 3.28. The maximum Gasteiger partial charge on any atom is 0.0658 e. The lowest BCUT2D eigenvalue weighted by Gasteiger charge is -2.43. The van der Waals surface area contributed by atoms with Gasteiger partial charge in [-0.05, 0) is 18.9 Å². The SMILES string of the molecule is Cn1nc(C2CC2)cc1CN1CC2CNCC21. The third-order valence-corrected chi connectivity index (χ3v) is 4.60. The fourth-order valence-corrected chi connectivity index (χ4v) is 3.28. The molecule has 3 heterocycles. The topological polar surface area (TPSA) is 33.1 Å². The number of aromatic nitrogens is 2. The summed E-state index contributed by atoms with van der Waals surface area (Å²) in [6.07, 6.45) is 2.68. The van der Waals surface area contributed by atoms with Crippen molar-refractivity contribution in [3.63, 3.8) is 0 Å². The lowest BCUT2D eigenvalue weighted by Crippen LogP contribution is -2.54. The Morgan fingerprint density at radius 1 is 1.41 bits per heavy atom. The Bertz CT molecular complexity index is 435. The molecule has 0 aromatic carbocycles. The number of nitrogens with one attached hydrogen (secondary N) is 1. The van der Waals surface area contributed by atoms with Gasteiger partial charge in [0.2, 0.25) is 0 Å². The first kappa shape index (κ1) is 10.1. The maximum atomic E-state index is 4.64. The molecule has 17 heavy (non-hydrogen) atoms. The number of hydrogen-bond donors (Lipinski definition) is 1. The highest BCUT2D eigenvalue weighted by atomic mass is 15.3. The highest BCUT2D eigenvalue weighted by Gasteiger charge is 2.42. The molecule has 0 radical (unpaired) electrons. The van der Waals surface area contributed by atoms with Crippen molar-refractivity contribution in [1.82, 2.24) is 20.0 Å². The molecule has 4 heteroatoms. The Kier molecular flexibility index (Phi) is 2.11. The lowest BCUT2D eigenvalue weighted by molar-refractivity contribution is 0.0413. The summed E-state index contributed by atoms with van der Waals surface area (Å²) < 4.78 is 2.09.